The summed E-state index contributed by atoms with van der Waals surface area (Å²) in [7, 11) is 0. The fraction of sp³-hybridized carbons (Fsp3) is 0.250. The molecule has 3 aromatic rings. The Kier molecular flexibility index (Phi) is 5.31. The van der Waals surface area contributed by atoms with E-state index in [4.69, 9.17) is 4.74 Å². The van der Waals surface area contributed by atoms with Crippen LogP contribution in [0.2, 0.25) is 0 Å². The second-order valence-electron chi connectivity index (χ2n) is 5.96. The van der Waals surface area contributed by atoms with Gasteiger partial charge in [-0.3, -0.25) is 9.59 Å². The molecule has 1 unspecified atom stereocenters. The molecule has 0 radical (unpaired) electrons. The minimum Gasteiger partial charge on any atom is -0.481 e. The third kappa shape index (κ3) is 3.91. The first kappa shape index (κ1) is 17.7. The first-order valence-corrected chi connectivity index (χ1v) is 8.57. The number of nitrogens with one attached hydrogen (secondary N) is 1. The molecule has 1 aromatic heterocycles. The largest absolute Gasteiger partial charge is 0.481 e. The van der Waals surface area contributed by atoms with Crippen LogP contribution in [-0.2, 0) is 11.3 Å². The second-order valence-corrected chi connectivity index (χ2v) is 5.96. The molecule has 0 saturated heterocycles. The second kappa shape index (κ2) is 7.82. The SMILES string of the molecule is CCN(Cc1nc2ccccc2c(=O)[nH]1)C(=O)C(C)Oc1ccccc1. The standard InChI is InChI=1S/C20H21N3O3/c1-3-23(20(25)14(2)26-15-9-5-4-6-10-15)13-18-21-17-12-8-7-11-16(17)19(24)22-18/h4-12,14H,3,13H2,1-2H3,(H,21,22,24). The number of benzene rings is 2. The molecule has 0 saturated carbocycles. The van der Waals surface area contributed by atoms with Crippen molar-refractivity contribution in [2.75, 3.05) is 6.54 Å². The molecule has 0 bridgehead atoms. The number of amides is 1. The molecule has 0 aliphatic rings. The Labute approximate surface area is 151 Å². The molecule has 3 rings (SSSR count). The monoisotopic (exact) mass is 351 g/mol. The van der Waals surface area contributed by atoms with E-state index in [1.165, 1.54) is 0 Å². The van der Waals surface area contributed by atoms with E-state index < -0.39 is 6.10 Å². The summed E-state index contributed by atoms with van der Waals surface area (Å²) >= 11 is 0. The van der Waals surface area contributed by atoms with Crippen LogP contribution in [0, 0.1) is 0 Å². The predicted octanol–water partition coefficient (Wildman–Crippen LogP) is 2.74. The molecule has 0 aliphatic carbocycles. The smallest absolute Gasteiger partial charge is 0.263 e. The Morgan fingerprint density at radius 1 is 1.15 bits per heavy atom. The zero-order valence-electron chi connectivity index (χ0n) is 14.8. The van der Waals surface area contributed by atoms with E-state index in [-0.39, 0.29) is 18.0 Å². The number of carbonyl (C=O) groups is 1. The van der Waals surface area contributed by atoms with Gasteiger partial charge in [-0.25, -0.2) is 4.98 Å². The van der Waals surface area contributed by atoms with E-state index in [1.807, 2.05) is 43.3 Å². The molecule has 6 nitrogen and oxygen atoms in total. The number of hydrogen-bond donors (Lipinski definition) is 1. The van der Waals surface area contributed by atoms with Gasteiger partial charge in [-0.15, -0.1) is 0 Å². The molecule has 1 heterocycles. The number of fused-ring (bicyclic) bond motifs is 1. The van der Waals surface area contributed by atoms with Gasteiger partial charge in [-0.05, 0) is 38.1 Å². The van der Waals surface area contributed by atoms with Crippen LogP contribution in [0.5, 0.6) is 5.75 Å². The number of carbonyl (C=O) groups excluding carboxylic acids is 1. The summed E-state index contributed by atoms with van der Waals surface area (Å²) in [6.07, 6.45) is -0.635. The van der Waals surface area contributed by atoms with E-state index >= 15 is 0 Å². The predicted molar refractivity (Wildman–Crippen MR) is 100.0 cm³/mol. The molecule has 1 N–H and O–H groups in total. The number of hydrogen-bond acceptors (Lipinski definition) is 4. The molecule has 26 heavy (non-hydrogen) atoms. The number of likely N-dealkylation sites (N-methyl/N-ethyl adjacent to an activating group) is 1. The lowest BCUT2D eigenvalue weighted by Gasteiger charge is -2.24. The normalized spacial score (nSPS) is 11.9. The van der Waals surface area contributed by atoms with Gasteiger partial charge in [0.2, 0.25) is 0 Å². The highest BCUT2D eigenvalue weighted by molar-refractivity contribution is 5.81. The van der Waals surface area contributed by atoms with E-state index in [2.05, 4.69) is 9.97 Å². The maximum atomic E-state index is 12.7. The van der Waals surface area contributed by atoms with Crippen LogP contribution in [0.15, 0.2) is 59.4 Å². The molecule has 6 heteroatoms. The average Bonchev–Trinajstić information content (AvgIpc) is 2.66. The highest BCUT2D eigenvalue weighted by Crippen LogP contribution is 2.13. The molecule has 2 aromatic carbocycles. The Morgan fingerprint density at radius 2 is 1.85 bits per heavy atom. The van der Waals surface area contributed by atoms with Crippen molar-refractivity contribution in [3.8, 4) is 5.75 Å². The molecule has 0 fully saturated rings. The third-order valence-electron chi connectivity index (χ3n) is 4.10. The summed E-state index contributed by atoms with van der Waals surface area (Å²) in [5.41, 5.74) is 0.408. The number of H-pyrrole nitrogens is 1. The average molecular weight is 351 g/mol. The highest BCUT2D eigenvalue weighted by atomic mass is 16.5. The van der Waals surface area contributed by atoms with Crippen LogP contribution in [0.25, 0.3) is 10.9 Å². The Bertz CT molecular complexity index is 953. The number of ether oxygens (including phenoxy) is 1. The van der Waals surface area contributed by atoms with Gasteiger partial charge in [-0.2, -0.15) is 0 Å². The van der Waals surface area contributed by atoms with Crippen molar-refractivity contribution in [1.82, 2.24) is 14.9 Å². The minimum atomic E-state index is -0.635. The Morgan fingerprint density at radius 3 is 2.58 bits per heavy atom. The van der Waals surface area contributed by atoms with Crippen LogP contribution in [0.3, 0.4) is 0 Å². The van der Waals surface area contributed by atoms with Gasteiger partial charge in [0.25, 0.3) is 11.5 Å². The van der Waals surface area contributed by atoms with Crippen LogP contribution in [-0.4, -0.2) is 33.4 Å². The zero-order valence-corrected chi connectivity index (χ0v) is 14.8. The molecule has 0 spiro atoms. The summed E-state index contributed by atoms with van der Waals surface area (Å²) in [6.45, 7) is 4.30. The van der Waals surface area contributed by atoms with Gasteiger partial charge in [-0.1, -0.05) is 30.3 Å². The van der Waals surface area contributed by atoms with Crippen molar-refractivity contribution in [2.24, 2.45) is 0 Å². The lowest BCUT2D eigenvalue weighted by molar-refractivity contribution is -0.138. The molecule has 1 atom stereocenters. The zero-order chi connectivity index (χ0) is 18.5. The number of aromatic nitrogens is 2. The van der Waals surface area contributed by atoms with E-state index in [0.29, 0.717) is 29.0 Å². The van der Waals surface area contributed by atoms with Crippen LogP contribution < -0.4 is 10.3 Å². The van der Waals surface area contributed by atoms with Crippen molar-refractivity contribution >= 4 is 16.8 Å². The van der Waals surface area contributed by atoms with Gasteiger partial charge in [0, 0.05) is 6.54 Å². The summed E-state index contributed by atoms with van der Waals surface area (Å²) in [6, 6.07) is 16.4. The first-order chi connectivity index (χ1) is 12.6. The van der Waals surface area contributed by atoms with Crippen molar-refractivity contribution in [3.05, 3.63) is 70.8 Å². The van der Waals surface area contributed by atoms with Crippen molar-refractivity contribution in [3.63, 3.8) is 0 Å². The van der Waals surface area contributed by atoms with Gasteiger partial charge in [0.15, 0.2) is 6.10 Å². The Hall–Kier alpha value is -3.15. The number of rotatable bonds is 6. The summed E-state index contributed by atoms with van der Waals surface area (Å²) < 4.78 is 5.71. The topological polar surface area (TPSA) is 75.3 Å². The van der Waals surface area contributed by atoms with E-state index in [0.717, 1.165) is 0 Å². The molecule has 0 aliphatic heterocycles. The van der Waals surface area contributed by atoms with Gasteiger partial charge < -0.3 is 14.6 Å². The van der Waals surface area contributed by atoms with E-state index in [1.54, 1.807) is 30.0 Å². The van der Waals surface area contributed by atoms with Crippen LogP contribution >= 0.6 is 0 Å². The van der Waals surface area contributed by atoms with Gasteiger partial charge in [0.05, 0.1) is 17.4 Å². The first-order valence-electron chi connectivity index (χ1n) is 8.57. The number of para-hydroxylation sites is 2. The molecule has 1 amide bonds. The van der Waals surface area contributed by atoms with Crippen molar-refractivity contribution < 1.29 is 9.53 Å². The van der Waals surface area contributed by atoms with Crippen molar-refractivity contribution in [2.45, 2.75) is 26.5 Å². The summed E-state index contributed by atoms with van der Waals surface area (Å²) in [5.74, 6) is 0.935. The highest BCUT2D eigenvalue weighted by Gasteiger charge is 2.22. The lowest BCUT2D eigenvalue weighted by Crippen LogP contribution is -2.40. The summed E-state index contributed by atoms with van der Waals surface area (Å²) in [4.78, 5) is 33.7. The maximum Gasteiger partial charge on any atom is 0.263 e. The quantitative estimate of drug-likeness (QED) is 0.741. The van der Waals surface area contributed by atoms with Crippen LogP contribution in [0.1, 0.15) is 19.7 Å². The third-order valence-corrected chi connectivity index (χ3v) is 4.10. The Balaban J connectivity index is 1.76. The molecular formula is C20H21N3O3. The lowest BCUT2D eigenvalue weighted by atomic mass is 10.2. The fourth-order valence-electron chi connectivity index (χ4n) is 2.75. The van der Waals surface area contributed by atoms with Crippen molar-refractivity contribution in [1.29, 1.82) is 0 Å². The minimum absolute atomic E-state index is 0.160. The van der Waals surface area contributed by atoms with Gasteiger partial charge in [0.1, 0.15) is 11.6 Å². The molecular weight excluding hydrogens is 330 g/mol. The number of nitrogens with zero attached hydrogens (tertiary/aromatic N) is 2. The maximum absolute atomic E-state index is 12.7. The van der Waals surface area contributed by atoms with Gasteiger partial charge >= 0.3 is 0 Å². The number of aromatic amines is 1. The fourth-order valence-corrected chi connectivity index (χ4v) is 2.75. The summed E-state index contributed by atoms with van der Waals surface area (Å²) in [5, 5.41) is 0.534. The molecule has 134 valence electrons. The van der Waals surface area contributed by atoms with E-state index in [9.17, 15) is 9.59 Å². The van der Waals surface area contributed by atoms with Crippen LogP contribution in [0.4, 0.5) is 0 Å².